The Kier molecular flexibility index (Phi) is 4.96. The number of carboxylic acids is 1. The minimum Gasteiger partial charge on any atom is -0.481 e. The molecule has 3 unspecified atom stereocenters. The van der Waals surface area contributed by atoms with Gasteiger partial charge in [-0.25, -0.2) is 0 Å². The van der Waals surface area contributed by atoms with Crippen molar-refractivity contribution in [1.82, 2.24) is 4.90 Å². The van der Waals surface area contributed by atoms with E-state index < -0.39 is 11.9 Å². The van der Waals surface area contributed by atoms with E-state index in [1.807, 2.05) is 13.8 Å². The molecule has 0 aromatic heterocycles. The number of nitrogens with zero attached hydrogens (tertiary/aromatic N) is 1. The summed E-state index contributed by atoms with van der Waals surface area (Å²) in [4.78, 5) is 26.0. The maximum absolute atomic E-state index is 12.9. The summed E-state index contributed by atoms with van der Waals surface area (Å²) in [6.07, 6.45) is 2.76. The first-order valence-electron chi connectivity index (χ1n) is 7.25. The van der Waals surface area contributed by atoms with E-state index in [0.29, 0.717) is 13.2 Å². The third-order valence-electron chi connectivity index (χ3n) is 4.16. The van der Waals surface area contributed by atoms with Gasteiger partial charge in [-0.1, -0.05) is 6.92 Å². The molecule has 2 fully saturated rings. The van der Waals surface area contributed by atoms with E-state index >= 15 is 0 Å². The second-order valence-corrected chi connectivity index (χ2v) is 7.33. The number of thioether (sulfide) groups is 1. The van der Waals surface area contributed by atoms with Crippen molar-refractivity contribution in [3.05, 3.63) is 0 Å². The zero-order valence-electron chi connectivity index (χ0n) is 12.1. The molecule has 0 aliphatic carbocycles. The van der Waals surface area contributed by atoms with Crippen LogP contribution in [0.25, 0.3) is 0 Å². The second-order valence-electron chi connectivity index (χ2n) is 5.73. The molecule has 3 atom stereocenters. The summed E-state index contributed by atoms with van der Waals surface area (Å²) >= 11 is 1.70. The van der Waals surface area contributed by atoms with Gasteiger partial charge in [-0.2, -0.15) is 0 Å². The summed E-state index contributed by atoms with van der Waals surface area (Å²) in [5, 5.41) is 9.29. The van der Waals surface area contributed by atoms with Gasteiger partial charge in [-0.3, -0.25) is 9.59 Å². The second kappa shape index (κ2) is 6.35. The van der Waals surface area contributed by atoms with Crippen molar-refractivity contribution < 1.29 is 19.4 Å². The smallest absolute Gasteiger partial charge is 0.311 e. The molecule has 20 heavy (non-hydrogen) atoms. The Labute approximate surface area is 124 Å². The molecule has 0 spiro atoms. The molecule has 0 radical (unpaired) electrons. The van der Waals surface area contributed by atoms with E-state index in [1.54, 1.807) is 16.7 Å². The summed E-state index contributed by atoms with van der Waals surface area (Å²) in [6.45, 7) is 5.14. The number of ether oxygens (including phenoxy) is 1. The van der Waals surface area contributed by atoms with Gasteiger partial charge in [0.15, 0.2) is 0 Å². The first-order chi connectivity index (χ1) is 9.49. The van der Waals surface area contributed by atoms with Crippen LogP contribution in [0.1, 0.15) is 33.1 Å². The number of hydrogen-bond acceptors (Lipinski definition) is 4. The van der Waals surface area contributed by atoms with Crippen LogP contribution in [0.15, 0.2) is 0 Å². The Morgan fingerprint density at radius 2 is 2.20 bits per heavy atom. The molecule has 2 heterocycles. The summed E-state index contributed by atoms with van der Waals surface area (Å²) in [7, 11) is 0. The fraction of sp³-hybridized carbons (Fsp3) is 0.857. The predicted octanol–water partition coefficient (Wildman–Crippen LogP) is 1.61. The zero-order valence-corrected chi connectivity index (χ0v) is 12.9. The monoisotopic (exact) mass is 301 g/mol. The minimum absolute atomic E-state index is 0.0867. The molecule has 0 bridgehead atoms. The van der Waals surface area contributed by atoms with Crippen LogP contribution in [0, 0.1) is 5.92 Å². The van der Waals surface area contributed by atoms with Gasteiger partial charge in [0.25, 0.3) is 0 Å². The third-order valence-corrected chi connectivity index (χ3v) is 5.67. The Hall–Kier alpha value is -0.750. The highest BCUT2D eigenvalue weighted by Gasteiger charge is 2.46. The van der Waals surface area contributed by atoms with Gasteiger partial charge < -0.3 is 14.7 Å². The van der Waals surface area contributed by atoms with Crippen molar-refractivity contribution in [3.63, 3.8) is 0 Å². The zero-order chi connectivity index (χ0) is 14.8. The van der Waals surface area contributed by atoms with Crippen LogP contribution in [0.5, 0.6) is 0 Å². The summed E-state index contributed by atoms with van der Waals surface area (Å²) < 4.78 is 4.93. The lowest BCUT2D eigenvalue weighted by Crippen LogP contribution is -2.52. The molecule has 5 nitrogen and oxygen atoms in total. The van der Waals surface area contributed by atoms with Crippen LogP contribution in [0.2, 0.25) is 0 Å². The molecule has 0 saturated carbocycles. The number of carbonyl (C=O) groups is 2. The lowest BCUT2D eigenvalue weighted by molar-refractivity contribution is -0.145. The van der Waals surface area contributed by atoms with E-state index in [0.717, 1.165) is 25.0 Å². The highest BCUT2D eigenvalue weighted by Crippen LogP contribution is 2.40. The molecule has 2 aliphatic heterocycles. The molecule has 0 aromatic carbocycles. The molecular formula is C14H23NO4S. The topological polar surface area (TPSA) is 66.8 Å². The number of hydrogen-bond donors (Lipinski definition) is 1. The van der Waals surface area contributed by atoms with Crippen LogP contribution >= 0.6 is 11.8 Å². The number of carboxylic acid groups (broad SMARTS) is 1. The molecule has 1 N–H and O–H groups in total. The van der Waals surface area contributed by atoms with E-state index in [1.165, 1.54) is 0 Å². The average molecular weight is 301 g/mol. The van der Waals surface area contributed by atoms with Gasteiger partial charge in [-0.15, -0.1) is 11.8 Å². The molecule has 6 heteroatoms. The van der Waals surface area contributed by atoms with Crippen molar-refractivity contribution in [2.45, 2.75) is 43.9 Å². The summed E-state index contributed by atoms with van der Waals surface area (Å²) in [5.41, 5.74) is 0. The Bertz CT molecular complexity index is 381. The quantitative estimate of drug-likeness (QED) is 0.835. The van der Waals surface area contributed by atoms with Crippen molar-refractivity contribution in [3.8, 4) is 0 Å². The average Bonchev–Trinajstić information content (AvgIpc) is 3.04. The lowest BCUT2D eigenvalue weighted by Gasteiger charge is -2.36. The number of aliphatic carboxylic acids is 1. The van der Waals surface area contributed by atoms with Crippen molar-refractivity contribution >= 4 is 23.6 Å². The van der Waals surface area contributed by atoms with Crippen molar-refractivity contribution in [1.29, 1.82) is 0 Å². The summed E-state index contributed by atoms with van der Waals surface area (Å²) in [5.74, 6) is -0.374. The Balaban J connectivity index is 2.17. The van der Waals surface area contributed by atoms with Crippen LogP contribution < -0.4 is 0 Å². The highest BCUT2D eigenvalue weighted by molar-refractivity contribution is 8.01. The van der Waals surface area contributed by atoms with Crippen LogP contribution in [-0.2, 0) is 14.3 Å². The number of carbonyl (C=O) groups excluding carboxylic acids is 1. The molecule has 2 rings (SSSR count). The first-order valence-corrected chi connectivity index (χ1v) is 8.23. The fourth-order valence-corrected chi connectivity index (χ4v) is 4.27. The third kappa shape index (κ3) is 2.96. The maximum atomic E-state index is 12.9. The number of rotatable bonds is 5. The van der Waals surface area contributed by atoms with Gasteiger partial charge in [0.1, 0.15) is 5.92 Å². The summed E-state index contributed by atoms with van der Waals surface area (Å²) in [6, 6.07) is -0.321. The van der Waals surface area contributed by atoms with Crippen molar-refractivity contribution in [2.24, 2.45) is 5.92 Å². The molecule has 2 saturated heterocycles. The van der Waals surface area contributed by atoms with E-state index in [9.17, 15) is 14.7 Å². The Morgan fingerprint density at radius 3 is 2.75 bits per heavy atom. The largest absolute Gasteiger partial charge is 0.481 e. The SMILES string of the molecule is CCCN(C(=O)C1(C)CCCS1)C1COCC1C(=O)O. The predicted molar refractivity (Wildman–Crippen MR) is 77.8 cm³/mol. The fourth-order valence-electron chi connectivity index (χ4n) is 3.00. The van der Waals surface area contributed by atoms with Gasteiger partial charge in [0.2, 0.25) is 5.91 Å². The van der Waals surface area contributed by atoms with Gasteiger partial charge in [0.05, 0.1) is 24.0 Å². The van der Waals surface area contributed by atoms with Gasteiger partial charge in [0, 0.05) is 6.54 Å². The molecule has 2 aliphatic rings. The van der Waals surface area contributed by atoms with E-state index in [-0.39, 0.29) is 23.3 Å². The van der Waals surface area contributed by atoms with Crippen molar-refractivity contribution in [2.75, 3.05) is 25.5 Å². The standard InChI is InChI=1S/C14H23NO4S/c1-3-6-15(11-9-19-8-10(11)12(16)17)13(18)14(2)5-4-7-20-14/h10-11H,3-9H2,1-2H3,(H,16,17). The molecule has 0 aromatic rings. The highest BCUT2D eigenvalue weighted by atomic mass is 32.2. The van der Waals surface area contributed by atoms with Gasteiger partial charge in [-0.05, 0) is 31.9 Å². The minimum atomic E-state index is -0.870. The van der Waals surface area contributed by atoms with E-state index in [2.05, 4.69) is 0 Å². The maximum Gasteiger partial charge on any atom is 0.311 e. The molecule has 114 valence electrons. The first kappa shape index (κ1) is 15.6. The van der Waals surface area contributed by atoms with Crippen LogP contribution in [-0.4, -0.2) is 58.2 Å². The van der Waals surface area contributed by atoms with Crippen LogP contribution in [0.4, 0.5) is 0 Å². The lowest BCUT2D eigenvalue weighted by atomic mass is 9.98. The van der Waals surface area contributed by atoms with Gasteiger partial charge >= 0.3 is 5.97 Å². The molecular weight excluding hydrogens is 278 g/mol. The Morgan fingerprint density at radius 1 is 1.45 bits per heavy atom. The van der Waals surface area contributed by atoms with Crippen LogP contribution in [0.3, 0.4) is 0 Å². The molecule has 1 amide bonds. The number of amides is 1. The van der Waals surface area contributed by atoms with E-state index in [4.69, 9.17) is 4.74 Å². The normalized spacial score (nSPS) is 33.3.